The number of carbonyl (C=O) groups is 1. The van der Waals surface area contributed by atoms with Crippen molar-refractivity contribution in [1.29, 1.82) is 0 Å². The highest BCUT2D eigenvalue weighted by atomic mass is 16.2. The van der Waals surface area contributed by atoms with Crippen LogP contribution in [0.2, 0.25) is 0 Å². The van der Waals surface area contributed by atoms with Crippen LogP contribution in [0.1, 0.15) is 44.0 Å². The highest BCUT2D eigenvalue weighted by molar-refractivity contribution is 5.99. The quantitative estimate of drug-likeness (QED) is 0.808. The van der Waals surface area contributed by atoms with E-state index in [9.17, 15) is 4.79 Å². The minimum absolute atomic E-state index is 0.0720. The van der Waals surface area contributed by atoms with Gasteiger partial charge in [-0.25, -0.2) is 0 Å². The molecule has 1 aromatic heterocycles. The lowest BCUT2D eigenvalue weighted by Crippen LogP contribution is -2.33. The third kappa shape index (κ3) is 3.72. The molecule has 1 heterocycles. The summed E-state index contributed by atoms with van der Waals surface area (Å²) >= 11 is 0. The summed E-state index contributed by atoms with van der Waals surface area (Å²) in [5.41, 5.74) is 1.54. The van der Waals surface area contributed by atoms with Gasteiger partial charge in [-0.2, -0.15) is 0 Å². The number of carbonyl (C=O) groups excluding carboxylic acids is 1. The van der Waals surface area contributed by atoms with Crippen LogP contribution in [0.4, 0.5) is 5.69 Å². The molecule has 0 aliphatic carbocycles. The fourth-order valence-corrected chi connectivity index (χ4v) is 1.93. The molecule has 1 N–H and O–H groups in total. The van der Waals surface area contributed by atoms with E-state index in [2.05, 4.69) is 24.1 Å². The first-order valence-electron chi connectivity index (χ1n) is 6.71. The lowest BCUT2D eigenvalue weighted by molar-refractivity contribution is 0.0756. The maximum Gasteiger partial charge on any atom is 0.257 e. The molecule has 0 aromatic carbocycles. The zero-order valence-corrected chi connectivity index (χ0v) is 11.6. The van der Waals surface area contributed by atoms with E-state index in [1.165, 1.54) is 0 Å². The topological polar surface area (TPSA) is 45.2 Å². The van der Waals surface area contributed by atoms with Gasteiger partial charge in [0.15, 0.2) is 0 Å². The number of amides is 1. The second-order valence-electron chi connectivity index (χ2n) is 4.24. The zero-order valence-electron chi connectivity index (χ0n) is 11.6. The smallest absolute Gasteiger partial charge is 0.257 e. The van der Waals surface area contributed by atoms with E-state index < -0.39 is 0 Å². The van der Waals surface area contributed by atoms with Crippen molar-refractivity contribution >= 4 is 11.6 Å². The van der Waals surface area contributed by atoms with Gasteiger partial charge in [0, 0.05) is 32.0 Å². The molecule has 100 valence electrons. The van der Waals surface area contributed by atoms with Crippen LogP contribution in [0.5, 0.6) is 0 Å². The van der Waals surface area contributed by atoms with Crippen molar-refractivity contribution in [2.24, 2.45) is 0 Å². The van der Waals surface area contributed by atoms with Gasteiger partial charge in [0.25, 0.3) is 5.91 Å². The molecule has 0 spiro atoms. The predicted octanol–water partition coefficient (Wildman–Crippen LogP) is 2.78. The Morgan fingerprint density at radius 1 is 1.28 bits per heavy atom. The first-order valence-corrected chi connectivity index (χ1v) is 6.71. The molecule has 0 fully saturated rings. The highest BCUT2D eigenvalue weighted by Gasteiger charge is 2.17. The molecule has 4 heteroatoms. The highest BCUT2D eigenvalue weighted by Crippen LogP contribution is 2.16. The SMILES string of the molecule is CCCN(CCC)C(=O)c1cnccc1NCC. The monoisotopic (exact) mass is 249 g/mol. The molecule has 0 aliphatic heterocycles. The van der Waals surface area contributed by atoms with Crippen LogP contribution in [0.25, 0.3) is 0 Å². The predicted molar refractivity (Wildman–Crippen MR) is 74.9 cm³/mol. The number of pyridine rings is 1. The number of rotatable bonds is 7. The van der Waals surface area contributed by atoms with E-state index in [0.29, 0.717) is 5.56 Å². The molecule has 1 rings (SSSR count). The fourth-order valence-electron chi connectivity index (χ4n) is 1.93. The van der Waals surface area contributed by atoms with Crippen molar-refractivity contribution in [2.45, 2.75) is 33.6 Å². The molecule has 1 aromatic rings. The van der Waals surface area contributed by atoms with Crippen LogP contribution < -0.4 is 5.32 Å². The van der Waals surface area contributed by atoms with E-state index in [4.69, 9.17) is 0 Å². The van der Waals surface area contributed by atoms with Crippen molar-refractivity contribution in [1.82, 2.24) is 9.88 Å². The number of anilines is 1. The molecule has 4 nitrogen and oxygen atoms in total. The van der Waals surface area contributed by atoms with Gasteiger partial charge >= 0.3 is 0 Å². The second-order valence-corrected chi connectivity index (χ2v) is 4.24. The molecule has 0 bridgehead atoms. The Morgan fingerprint density at radius 3 is 2.50 bits per heavy atom. The van der Waals surface area contributed by atoms with E-state index >= 15 is 0 Å². The summed E-state index contributed by atoms with van der Waals surface area (Å²) in [5.74, 6) is 0.0720. The van der Waals surface area contributed by atoms with Gasteiger partial charge < -0.3 is 10.2 Å². The summed E-state index contributed by atoms with van der Waals surface area (Å²) in [6, 6.07) is 1.85. The number of nitrogens with one attached hydrogen (secondary N) is 1. The van der Waals surface area contributed by atoms with Crippen LogP contribution in [0, 0.1) is 0 Å². The molecule has 0 saturated carbocycles. The third-order valence-electron chi connectivity index (χ3n) is 2.69. The van der Waals surface area contributed by atoms with E-state index in [1.807, 2.05) is 17.9 Å². The summed E-state index contributed by atoms with van der Waals surface area (Å²) in [7, 11) is 0. The lowest BCUT2D eigenvalue weighted by Gasteiger charge is -2.22. The molecular formula is C14H23N3O. The maximum atomic E-state index is 12.5. The number of hydrogen-bond acceptors (Lipinski definition) is 3. The molecule has 1 amide bonds. The molecule has 0 radical (unpaired) electrons. The van der Waals surface area contributed by atoms with Crippen LogP contribution in [-0.2, 0) is 0 Å². The second kappa shape index (κ2) is 7.69. The van der Waals surface area contributed by atoms with Crippen LogP contribution in [0.3, 0.4) is 0 Å². The number of aromatic nitrogens is 1. The van der Waals surface area contributed by atoms with Crippen molar-refractivity contribution < 1.29 is 4.79 Å². The lowest BCUT2D eigenvalue weighted by atomic mass is 10.2. The van der Waals surface area contributed by atoms with E-state index in [-0.39, 0.29) is 5.91 Å². The van der Waals surface area contributed by atoms with Gasteiger partial charge in [-0.15, -0.1) is 0 Å². The molecule has 0 unspecified atom stereocenters. The van der Waals surface area contributed by atoms with Crippen molar-refractivity contribution in [3.8, 4) is 0 Å². The summed E-state index contributed by atoms with van der Waals surface area (Å²) in [6.45, 7) is 8.59. The van der Waals surface area contributed by atoms with Crippen molar-refractivity contribution in [2.75, 3.05) is 25.0 Å². The maximum absolute atomic E-state index is 12.5. The first kappa shape index (κ1) is 14.5. The van der Waals surface area contributed by atoms with Gasteiger partial charge in [0.1, 0.15) is 0 Å². The average molecular weight is 249 g/mol. The Bertz CT molecular complexity index is 373. The van der Waals surface area contributed by atoms with Gasteiger partial charge in [-0.3, -0.25) is 9.78 Å². The molecule has 0 aliphatic rings. The molecular weight excluding hydrogens is 226 g/mol. The Kier molecular flexibility index (Phi) is 6.19. The summed E-state index contributed by atoms with van der Waals surface area (Å²) in [4.78, 5) is 18.4. The summed E-state index contributed by atoms with van der Waals surface area (Å²) in [5, 5.41) is 3.21. The molecule has 0 saturated heterocycles. The van der Waals surface area contributed by atoms with Gasteiger partial charge in [0.05, 0.1) is 11.3 Å². The average Bonchev–Trinajstić information content (AvgIpc) is 2.39. The molecule has 18 heavy (non-hydrogen) atoms. The minimum Gasteiger partial charge on any atom is -0.385 e. The normalized spacial score (nSPS) is 10.2. The number of nitrogens with zero attached hydrogens (tertiary/aromatic N) is 2. The van der Waals surface area contributed by atoms with Gasteiger partial charge in [0.2, 0.25) is 0 Å². The fraction of sp³-hybridized carbons (Fsp3) is 0.571. The van der Waals surface area contributed by atoms with Gasteiger partial charge in [-0.05, 0) is 25.8 Å². The minimum atomic E-state index is 0.0720. The van der Waals surface area contributed by atoms with E-state index in [1.54, 1.807) is 12.4 Å². The summed E-state index contributed by atoms with van der Waals surface area (Å²) in [6.07, 6.45) is 5.31. The third-order valence-corrected chi connectivity index (χ3v) is 2.69. The zero-order chi connectivity index (χ0) is 13.4. The summed E-state index contributed by atoms with van der Waals surface area (Å²) < 4.78 is 0. The Hall–Kier alpha value is -1.58. The standard InChI is InChI=1S/C14H23N3O/c1-4-9-17(10-5-2)14(18)12-11-15-8-7-13(12)16-6-3/h7-8,11H,4-6,9-10H2,1-3H3,(H,15,16). The van der Waals surface area contributed by atoms with Crippen molar-refractivity contribution in [3.63, 3.8) is 0 Å². The van der Waals surface area contributed by atoms with E-state index in [0.717, 1.165) is 38.2 Å². The van der Waals surface area contributed by atoms with Crippen LogP contribution >= 0.6 is 0 Å². The Balaban J connectivity index is 2.92. The first-order chi connectivity index (χ1) is 8.74. The Labute approximate surface area is 109 Å². The van der Waals surface area contributed by atoms with Crippen molar-refractivity contribution in [3.05, 3.63) is 24.0 Å². The van der Waals surface area contributed by atoms with Crippen LogP contribution in [0.15, 0.2) is 18.5 Å². The van der Waals surface area contributed by atoms with Crippen LogP contribution in [-0.4, -0.2) is 35.4 Å². The largest absolute Gasteiger partial charge is 0.385 e. The molecule has 0 atom stereocenters. The number of hydrogen-bond donors (Lipinski definition) is 1. The van der Waals surface area contributed by atoms with Gasteiger partial charge in [-0.1, -0.05) is 13.8 Å². The Morgan fingerprint density at radius 2 is 1.94 bits per heavy atom.